The van der Waals surface area contributed by atoms with Crippen LogP contribution in [0.3, 0.4) is 0 Å². The van der Waals surface area contributed by atoms with Crippen LogP contribution in [0.2, 0.25) is 10.0 Å². The number of nitrogens with one attached hydrogen (secondary N) is 1. The summed E-state index contributed by atoms with van der Waals surface area (Å²) < 4.78 is 0. The van der Waals surface area contributed by atoms with Crippen molar-refractivity contribution in [3.63, 3.8) is 0 Å². The van der Waals surface area contributed by atoms with Gasteiger partial charge in [0, 0.05) is 23.0 Å². The number of hydrogen-bond acceptors (Lipinski definition) is 2. The highest BCUT2D eigenvalue weighted by atomic mass is 35.5. The molecule has 3 N–H and O–H groups in total. The van der Waals surface area contributed by atoms with E-state index in [9.17, 15) is 4.79 Å². The fraction of sp³-hybridized carbons (Fsp3) is 0.462. The lowest BCUT2D eigenvalue weighted by atomic mass is 10.1. The van der Waals surface area contributed by atoms with Gasteiger partial charge in [-0.2, -0.15) is 0 Å². The molecule has 0 fully saturated rings. The quantitative estimate of drug-likeness (QED) is 0.846. The SMILES string of the molecule is CC(CN)CC(=O)NCCc1ccc(Cl)cc1Cl. The molecule has 0 saturated carbocycles. The Kier molecular flexibility index (Phi) is 6.47. The third-order valence-corrected chi connectivity index (χ3v) is 3.25. The number of amides is 1. The summed E-state index contributed by atoms with van der Waals surface area (Å²) in [6.45, 7) is 3.05. The maximum absolute atomic E-state index is 11.5. The fourth-order valence-electron chi connectivity index (χ4n) is 1.53. The van der Waals surface area contributed by atoms with Crippen molar-refractivity contribution in [2.24, 2.45) is 11.7 Å². The lowest BCUT2D eigenvalue weighted by Gasteiger charge is -2.09. The van der Waals surface area contributed by atoms with Crippen molar-refractivity contribution in [1.29, 1.82) is 0 Å². The first-order valence-electron chi connectivity index (χ1n) is 5.93. The van der Waals surface area contributed by atoms with Gasteiger partial charge in [0.25, 0.3) is 0 Å². The minimum absolute atomic E-state index is 0.0260. The molecule has 100 valence electrons. The van der Waals surface area contributed by atoms with E-state index in [-0.39, 0.29) is 11.8 Å². The summed E-state index contributed by atoms with van der Waals surface area (Å²) in [5.74, 6) is 0.238. The first kappa shape index (κ1) is 15.3. The predicted molar refractivity (Wildman–Crippen MR) is 76.0 cm³/mol. The van der Waals surface area contributed by atoms with Gasteiger partial charge in [0.15, 0.2) is 0 Å². The predicted octanol–water partition coefficient (Wildman–Crippen LogP) is 2.64. The molecule has 0 aliphatic heterocycles. The Bertz CT molecular complexity index is 410. The zero-order chi connectivity index (χ0) is 13.5. The van der Waals surface area contributed by atoms with E-state index < -0.39 is 0 Å². The van der Waals surface area contributed by atoms with Crippen LogP contribution in [0.25, 0.3) is 0 Å². The molecule has 1 atom stereocenters. The van der Waals surface area contributed by atoms with Gasteiger partial charge in [-0.05, 0) is 36.6 Å². The molecule has 5 heteroatoms. The molecule has 1 aromatic carbocycles. The lowest BCUT2D eigenvalue weighted by molar-refractivity contribution is -0.121. The molecule has 0 aliphatic carbocycles. The standard InChI is InChI=1S/C13H18Cl2N2O/c1-9(8-16)6-13(18)17-5-4-10-2-3-11(14)7-12(10)15/h2-3,7,9H,4-6,8,16H2,1H3,(H,17,18). The Morgan fingerprint density at radius 1 is 1.44 bits per heavy atom. The third-order valence-electron chi connectivity index (χ3n) is 2.67. The van der Waals surface area contributed by atoms with E-state index in [1.165, 1.54) is 0 Å². The molecule has 1 rings (SSSR count). The van der Waals surface area contributed by atoms with Crippen molar-refractivity contribution in [2.75, 3.05) is 13.1 Å². The average Bonchev–Trinajstić information content (AvgIpc) is 2.31. The molecule has 0 aliphatic rings. The maximum Gasteiger partial charge on any atom is 0.220 e. The Morgan fingerprint density at radius 2 is 2.17 bits per heavy atom. The summed E-state index contributed by atoms with van der Waals surface area (Å²) in [6.07, 6.45) is 1.16. The highest BCUT2D eigenvalue weighted by Crippen LogP contribution is 2.21. The van der Waals surface area contributed by atoms with Crippen molar-refractivity contribution >= 4 is 29.1 Å². The average molecular weight is 289 g/mol. The van der Waals surface area contributed by atoms with Gasteiger partial charge in [-0.25, -0.2) is 0 Å². The third kappa shape index (κ3) is 5.25. The Hall–Kier alpha value is -0.770. The highest BCUT2D eigenvalue weighted by molar-refractivity contribution is 6.35. The molecule has 0 bridgehead atoms. The molecule has 0 radical (unpaired) electrons. The van der Waals surface area contributed by atoms with Crippen LogP contribution in [0.1, 0.15) is 18.9 Å². The normalized spacial score (nSPS) is 12.2. The summed E-state index contributed by atoms with van der Waals surface area (Å²) >= 11 is 11.8. The van der Waals surface area contributed by atoms with E-state index in [0.717, 1.165) is 5.56 Å². The molecule has 0 heterocycles. The topological polar surface area (TPSA) is 55.1 Å². The van der Waals surface area contributed by atoms with Gasteiger partial charge in [-0.1, -0.05) is 36.2 Å². The molecule has 1 unspecified atom stereocenters. The molecular weight excluding hydrogens is 271 g/mol. The fourth-order valence-corrected chi connectivity index (χ4v) is 2.04. The summed E-state index contributed by atoms with van der Waals surface area (Å²) in [4.78, 5) is 11.5. The van der Waals surface area contributed by atoms with E-state index in [1.807, 2.05) is 13.0 Å². The monoisotopic (exact) mass is 288 g/mol. The zero-order valence-electron chi connectivity index (χ0n) is 10.4. The summed E-state index contributed by atoms with van der Waals surface area (Å²) in [5, 5.41) is 4.10. The number of hydrogen-bond donors (Lipinski definition) is 2. The van der Waals surface area contributed by atoms with E-state index in [1.54, 1.807) is 12.1 Å². The molecule has 18 heavy (non-hydrogen) atoms. The minimum Gasteiger partial charge on any atom is -0.356 e. The number of carbonyl (C=O) groups is 1. The number of rotatable bonds is 6. The second kappa shape index (κ2) is 7.62. The van der Waals surface area contributed by atoms with Crippen LogP contribution in [0.4, 0.5) is 0 Å². The summed E-state index contributed by atoms with van der Waals surface area (Å²) in [5.41, 5.74) is 6.44. The number of benzene rings is 1. The zero-order valence-corrected chi connectivity index (χ0v) is 11.9. The van der Waals surface area contributed by atoms with Crippen molar-refractivity contribution in [3.05, 3.63) is 33.8 Å². The lowest BCUT2D eigenvalue weighted by Crippen LogP contribution is -2.28. The van der Waals surface area contributed by atoms with Gasteiger partial charge in [0.1, 0.15) is 0 Å². The Morgan fingerprint density at radius 3 is 2.78 bits per heavy atom. The number of nitrogens with two attached hydrogens (primary N) is 1. The van der Waals surface area contributed by atoms with Gasteiger partial charge >= 0.3 is 0 Å². The van der Waals surface area contributed by atoms with Crippen LogP contribution in [0.5, 0.6) is 0 Å². The molecular formula is C13H18Cl2N2O. The van der Waals surface area contributed by atoms with Crippen LogP contribution in [0, 0.1) is 5.92 Å². The first-order valence-corrected chi connectivity index (χ1v) is 6.69. The molecule has 0 saturated heterocycles. The molecule has 3 nitrogen and oxygen atoms in total. The van der Waals surface area contributed by atoms with Crippen LogP contribution in [0.15, 0.2) is 18.2 Å². The van der Waals surface area contributed by atoms with E-state index in [4.69, 9.17) is 28.9 Å². The van der Waals surface area contributed by atoms with Gasteiger partial charge < -0.3 is 11.1 Å². The molecule has 1 aromatic rings. The van der Waals surface area contributed by atoms with Crippen LogP contribution >= 0.6 is 23.2 Å². The smallest absolute Gasteiger partial charge is 0.220 e. The second-order valence-corrected chi connectivity index (χ2v) is 5.22. The van der Waals surface area contributed by atoms with Crippen LogP contribution in [-0.4, -0.2) is 19.0 Å². The first-order chi connectivity index (χ1) is 8.52. The van der Waals surface area contributed by atoms with Crippen LogP contribution in [-0.2, 0) is 11.2 Å². The molecule has 0 spiro atoms. The van der Waals surface area contributed by atoms with Crippen molar-refractivity contribution in [1.82, 2.24) is 5.32 Å². The Balaban J connectivity index is 2.35. The minimum atomic E-state index is 0.0260. The van der Waals surface area contributed by atoms with E-state index >= 15 is 0 Å². The maximum atomic E-state index is 11.5. The van der Waals surface area contributed by atoms with Crippen molar-refractivity contribution in [2.45, 2.75) is 19.8 Å². The summed E-state index contributed by atoms with van der Waals surface area (Å²) in [6, 6.07) is 5.37. The molecule has 1 amide bonds. The van der Waals surface area contributed by atoms with Gasteiger partial charge in [0.2, 0.25) is 5.91 Å². The van der Waals surface area contributed by atoms with Gasteiger partial charge in [-0.15, -0.1) is 0 Å². The van der Waals surface area contributed by atoms with Crippen molar-refractivity contribution in [3.8, 4) is 0 Å². The number of carbonyl (C=O) groups excluding carboxylic acids is 1. The highest BCUT2D eigenvalue weighted by Gasteiger charge is 2.07. The van der Waals surface area contributed by atoms with Gasteiger partial charge in [0.05, 0.1) is 0 Å². The Labute approximate surface area is 118 Å². The number of halogens is 2. The van der Waals surface area contributed by atoms with Crippen LogP contribution < -0.4 is 11.1 Å². The second-order valence-electron chi connectivity index (χ2n) is 4.38. The molecule has 0 aromatic heterocycles. The van der Waals surface area contributed by atoms with Crippen molar-refractivity contribution < 1.29 is 4.79 Å². The van der Waals surface area contributed by atoms with Gasteiger partial charge in [-0.3, -0.25) is 4.79 Å². The van der Waals surface area contributed by atoms with E-state index in [0.29, 0.717) is 36.0 Å². The largest absolute Gasteiger partial charge is 0.356 e. The van der Waals surface area contributed by atoms with E-state index in [2.05, 4.69) is 5.32 Å². The summed E-state index contributed by atoms with van der Waals surface area (Å²) in [7, 11) is 0.